The lowest BCUT2D eigenvalue weighted by atomic mass is 10.0. The number of aromatic nitrogens is 1. The van der Waals surface area contributed by atoms with Crippen LogP contribution in [-0.2, 0) is 4.74 Å². The van der Waals surface area contributed by atoms with Gasteiger partial charge in [-0.05, 0) is 19.2 Å². The van der Waals surface area contributed by atoms with Crippen LogP contribution in [0.4, 0.5) is 5.69 Å². The van der Waals surface area contributed by atoms with Crippen LogP contribution in [0.15, 0.2) is 42.6 Å². The molecule has 3 rings (SSSR count). The number of esters is 1. The molecule has 0 radical (unpaired) electrons. The molecule has 124 valence electrons. The van der Waals surface area contributed by atoms with Crippen LogP contribution in [0.3, 0.4) is 0 Å². The molecule has 0 saturated carbocycles. The fourth-order valence-electron chi connectivity index (χ4n) is 2.74. The Hall–Kier alpha value is -2.66. The topological polar surface area (TPSA) is 71.5 Å². The van der Waals surface area contributed by atoms with Gasteiger partial charge in [0.1, 0.15) is 5.56 Å². The van der Waals surface area contributed by atoms with E-state index in [0.717, 1.165) is 21.7 Å². The van der Waals surface area contributed by atoms with Crippen LogP contribution < -0.4 is 5.32 Å². The van der Waals surface area contributed by atoms with Crippen molar-refractivity contribution in [2.75, 3.05) is 18.5 Å². The summed E-state index contributed by atoms with van der Waals surface area (Å²) in [6.07, 6.45) is 1.00. The number of nitrogens with zero attached hydrogens (tertiary/aromatic N) is 1. The Bertz CT molecular complexity index is 890. The molecule has 0 amide bonds. The first kappa shape index (κ1) is 16.2. The number of anilines is 1. The quantitative estimate of drug-likeness (QED) is 0.556. The summed E-state index contributed by atoms with van der Waals surface area (Å²) < 4.78 is 5.13. The van der Waals surface area contributed by atoms with Crippen LogP contribution in [0.5, 0.6) is 0 Å². The molecule has 0 spiro atoms. The number of aliphatic hydroxyl groups excluding tert-OH is 1. The van der Waals surface area contributed by atoms with Crippen molar-refractivity contribution in [3.05, 3.63) is 48.2 Å². The van der Waals surface area contributed by atoms with Gasteiger partial charge in [-0.3, -0.25) is 4.98 Å². The van der Waals surface area contributed by atoms with Crippen LogP contribution in [0.2, 0.25) is 0 Å². The highest BCUT2D eigenvalue weighted by molar-refractivity contribution is 6.13. The van der Waals surface area contributed by atoms with Crippen molar-refractivity contribution in [2.24, 2.45) is 0 Å². The summed E-state index contributed by atoms with van der Waals surface area (Å²) in [6, 6.07) is 11.9. The number of nitrogens with one attached hydrogen (secondary N) is 1. The van der Waals surface area contributed by atoms with Gasteiger partial charge in [0.05, 0.1) is 23.9 Å². The molecule has 0 aliphatic heterocycles. The maximum absolute atomic E-state index is 12.3. The summed E-state index contributed by atoms with van der Waals surface area (Å²) in [4.78, 5) is 16.7. The zero-order valence-corrected chi connectivity index (χ0v) is 13.7. The van der Waals surface area contributed by atoms with Crippen molar-refractivity contribution in [1.29, 1.82) is 0 Å². The third-order valence-electron chi connectivity index (χ3n) is 3.83. The molecule has 5 heteroatoms. The van der Waals surface area contributed by atoms with E-state index >= 15 is 0 Å². The Kier molecular flexibility index (Phi) is 4.62. The van der Waals surface area contributed by atoms with Crippen molar-refractivity contribution >= 4 is 33.3 Å². The summed E-state index contributed by atoms with van der Waals surface area (Å²) in [5, 5.41) is 15.7. The first-order valence-electron chi connectivity index (χ1n) is 8.01. The maximum Gasteiger partial charge on any atom is 0.341 e. The molecular formula is C19H20N2O3. The average Bonchev–Trinajstić information content (AvgIpc) is 2.59. The lowest BCUT2D eigenvalue weighted by Crippen LogP contribution is -2.18. The molecule has 0 saturated heterocycles. The van der Waals surface area contributed by atoms with E-state index in [2.05, 4.69) is 10.3 Å². The van der Waals surface area contributed by atoms with Gasteiger partial charge < -0.3 is 15.2 Å². The van der Waals surface area contributed by atoms with E-state index in [9.17, 15) is 9.90 Å². The number of hydrogen-bond donors (Lipinski definition) is 2. The van der Waals surface area contributed by atoms with Gasteiger partial charge in [0, 0.05) is 23.5 Å². The van der Waals surface area contributed by atoms with E-state index in [1.807, 2.05) is 36.4 Å². The highest BCUT2D eigenvalue weighted by Gasteiger charge is 2.18. The van der Waals surface area contributed by atoms with Gasteiger partial charge in [0.15, 0.2) is 0 Å². The second-order valence-corrected chi connectivity index (χ2v) is 5.68. The molecular weight excluding hydrogens is 304 g/mol. The minimum Gasteiger partial charge on any atom is -0.462 e. The van der Waals surface area contributed by atoms with Gasteiger partial charge in [-0.2, -0.15) is 0 Å². The van der Waals surface area contributed by atoms with Gasteiger partial charge in [-0.1, -0.05) is 36.4 Å². The fraction of sp³-hybridized carbons (Fsp3) is 0.263. The number of rotatable bonds is 5. The number of hydrogen-bond acceptors (Lipinski definition) is 5. The van der Waals surface area contributed by atoms with E-state index in [-0.39, 0.29) is 0 Å². The van der Waals surface area contributed by atoms with Crippen LogP contribution in [-0.4, -0.2) is 35.3 Å². The molecule has 1 heterocycles. The lowest BCUT2D eigenvalue weighted by Gasteiger charge is -2.16. The van der Waals surface area contributed by atoms with Crippen molar-refractivity contribution in [3.63, 3.8) is 0 Å². The summed E-state index contributed by atoms with van der Waals surface area (Å²) in [7, 11) is 0. The van der Waals surface area contributed by atoms with Crippen molar-refractivity contribution in [3.8, 4) is 0 Å². The third-order valence-corrected chi connectivity index (χ3v) is 3.83. The van der Waals surface area contributed by atoms with Gasteiger partial charge in [-0.25, -0.2) is 4.79 Å². The number of benzene rings is 2. The first-order chi connectivity index (χ1) is 11.6. The van der Waals surface area contributed by atoms with Gasteiger partial charge in [0.2, 0.25) is 0 Å². The number of aliphatic hydroxyl groups is 1. The van der Waals surface area contributed by atoms with Gasteiger partial charge in [0.25, 0.3) is 0 Å². The first-order valence-corrected chi connectivity index (χ1v) is 8.01. The van der Waals surface area contributed by atoms with E-state index in [1.165, 1.54) is 6.20 Å². The number of pyridine rings is 1. The molecule has 5 nitrogen and oxygen atoms in total. The molecule has 0 aliphatic carbocycles. The largest absolute Gasteiger partial charge is 0.462 e. The van der Waals surface area contributed by atoms with E-state index in [0.29, 0.717) is 24.4 Å². The second kappa shape index (κ2) is 6.84. The Morgan fingerprint density at radius 1 is 1.25 bits per heavy atom. The predicted octanol–water partition coefficient (Wildman–Crippen LogP) is 3.36. The summed E-state index contributed by atoms with van der Waals surface area (Å²) in [5.74, 6) is -0.423. The van der Waals surface area contributed by atoms with Crippen molar-refractivity contribution in [2.45, 2.75) is 20.0 Å². The predicted molar refractivity (Wildman–Crippen MR) is 95.4 cm³/mol. The third kappa shape index (κ3) is 3.03. The molecule has 0 fully saturated rings. The molecule has 0 unspecified atom stereocenters. The zero-order chi connectivity index (χ0) is 17.1. The highest BCUT2D eigenvalue weighted by Crippen LogP contribution is 2.31. The summed E-state index contributed by atoms with van der Waals surface area (Å²) in [5.41, 5.74) is 1.83. The summed E-state index contributed by atoms with van der Waals surface area (Å²) in [6.45, 7) is 4.08. The van der Waals surface area contributed by atoms with Gasteiger partial charge >= 0.3 is 5.97 Å². The SMILES string of the molecule is CCOC(=O)c1cnc2c(ccc3ccccc32)c1NC[C@@H](C)O. The van der Waals surface area contributed by atoms with E-state index < -0.39 is 12.1 Å². The van der Waals surface area contributed by atoms with Crippen LogP contribution in [0, 0.1) is 0 Å². The molecule has 3 aromatic rings. The van der Waals surface area contributed by atoms with Crippen molar-refractivity contribution in [1.82, 2.24) is 4.98 Å². The highest BCUT2D eigenvalue weighted by atomic mass is 16.5. The molecule has 2 N–H and O–H groups in total. The van der Waals surface area contributed by atoms with Gasteiger partial charge in [-0.15, -0.1) is 0 Å². The Labute approximate surface area is 140 Å². The van der Waals surface area contributed by atoms with Crippen LogP contribution in [0.25, 0.3) is 21.7 Å². The molecule has 0 bridgehead atoms. The fourth-order valence-corrected chi connectivity index (χ4v) is 2.74. The summed E-state index contributed by atoms with van der Waals surface area (Å²) >= 11 is 0. The normalized spacial score (nSPS) is 12.3. The maximum atomic E-state index is 12.3. The Balaban J connectivity index is 2.22. The number of carbonyl (C=O) groups excluding carboxylic acids is 1. The minimum absolute atomic E-state index is 0.296. The van der Waals surface area contributed by atoms with E-state index in [4.69, 9.17) is 4.74 Å². The van der Waals surface area contributed by atoms with Crippen LogP contribution in [0.1, 0.15) is 24.2 Å². The minimum atomic E-state index is -0.538. The number of carbonyl (C=O) groups is 1. The molecule has 1 atom stereocenters. The number of fused-ring (bicyclic) bond motifs is 3. The number of ether oxygens (including phenoxy) is 1. The van der Waals surface area contributed by atoms with Crippen LogP contribution >= 0.6 is 0 Å². The molecule has 1 aromatic heterocycles. The Morgan fingerprint density at radius 3 is 2.79 bits per heavy atom. The molecule has 24 heavy (non-hydrogen) atoms. The monoisotopic (exact) mass is 324 g/mol. The van der Waals surface area contributed by atoms with E-state index in [1.54, 1.807) is 13.8 Å². The smallest absolute Gasteiger partial charge is 0.341 e. The standard InChI is InChI=1S/C19H20N2O3/c1-3-24-19(23)16-11-21-17-14-7-5-4-6-13(14)8-9-15(17)18(16)20-10-12(2)22/h4-9,11-12,22H,3,10H2,1-2H3,(H,20,21)/t12-/m1/s1. The second-order valence-electron chi connectivity index (χ2n) is 5.68. The molecule has 0 aliphatic rings. The Morgan fingerprint density at radius 2 is 2.04 bits per heavy atom. The average molecular weight is 324 g/mol. The zero-order valence-electron chi connectivity index (χ0n) is 13.7. The molecule has 2 aromatic carbocycles. The van der Waals surface area contributed by atoms with Crippen molar-refractivity contribution < 1.29 is 14.6 Å². The lowest BCUT2D eigenvalue weighted by molar-refractivity contribution is 0.0527.